The Labute approximate surface area is 96.3 Å². The zero-order chi connectivity index (χ0) is 11.4. The van der Waals surface area contributed by atoms with Crippen LogP contribution in [0.2, 0.25) is 0 Å². The molecule has 0 atom stereocenters. The largest absolute Gasteiger partial charge is 0.325 e. The molecule has 1 aliphatic rings. The van der Waals surface area contributed by atoms with Gasteiger partial charge in [0.15, 0.2) is 0 Å². The van der Waals surface area contributed by atoms with Crippen molar-refractivity contribution in [3.8, 4) is 0 Å². The van der Waals surface area contributed by atoms with Crippen molar-refractivity contribution in [2.24, 2.45) is 0 Å². The van der Waals surface area contributed by atoms with Gasteiger partial charge in [-0.25, -0.2) is 4.98 Å². The number of carbonyl (C=O) groups excluding carboxylic acids is 1. The standard InChI is InChI=1S/C12H19N3O/c1-2-5-11-13-7-9-14(11)10-15-8-4-3-6-12(15)16/h7,9H,2-6,8,10H2,1H3. The molecule has 0 aliphatic carbocycles. The molecule has 1 aromatic heterocycles. The molecule has 16 heavy (non-hydrogen) atoms. The van der Waals surface area contributed by atoms with Gasteiger partial charge in [-0.15, -0.1) is 0 Å². The lowest BCUT2D eigenvalue weighted by Crippen LogP contribution is -2.36. The molecular weight excluding hydrogens is 202 g/mol. The van der Waals surface area contributed by atoms with Crippen LogP contribution >= 0.6 is 0 Å². The zero-order valence-electron chi connectivity index (χ0n) is 9.85. The number of piperidine rings is 1. The summed E-state index contributed by atoms with van der Waals surface area (Å²) in [6, 6.07) is 0. The van der Waals surface area contributed by atoms with Gasteiger partial charge >= 0.3 is 0 Å². The van der Waals surface area contributed by atoms with Crippen molar-refractivity contribution >= 4 is 5.91 Å². The number of hydrogen-bond acceptors (Lipinski definition) is 2. The van der Waals surface area contributed by atoms with Crippen LogP contribution in [0.4, 0.5) is 0 Å². The zero-order valence-corrected chi connectivity index (χ0v) is 9.85. The van der Waals surface area contributed by atoms with Crippen LogP contribution in [0.5, 0.6) is 0 Å². The van der Waals surface area contributed by atoms with Crippen molar-refractivity contribution in [2.45, 2.75) is 45.7 Å². The van der Waals surface area contributed by atoms with Crippen LogP contribution in [0.15, 0.2) is 12.4 Å². The summed E-state index contributed by atoms with van der Waals surface area (Å²) in [4.78, 5) is 17.9. The minimum atomic E-state index is 0.280. The van der Waals surface area contributed by atoms with E-state index in [0.29, 0.717) is 13.1 Å². The first kappa shape index (κ1) is 11.2. The maximum atomic E-state index is 11.7. The molecule has 2 rings (SSSR count). The number of aryl methyl sites for hydroxylation is 1. The summed E-state index contributed by atoms with van der Waals surface area (Å²) in [7, 11) is 0. The number of likely N-dealkylation sites (tertiary alicyclic amines) is 1. The molecular formula is C12H19N3O. The van der Waals surface area contributed by atoms with E-state index in [-0.39, 0.29) is 5.91 Å². The second kappa shape index (κ2) is 5.14. The van der Waals surface area contributed by atoms with Crippen molar-refractivity contribution < 1.29 is 4.79 Å². The Morgan fingerprint density at radius 2 is 2.31 bits per heavy atom. The van der Waals surface area contributed by atoms with E-state index in [4.69, 9.17) is 0 Å². The van der Waals surface area contributed by atoms with Crippen molar-refractivity contribution in [3.05, 3.63) is 18.2 Å². The van der Waals surface area contributed by atoms with Gasteiger partial charge in [0, 0.05) is 31.8 Å². The molecule has 4 heteroatoms. The molecule has 1 aliphatic heterocycles. The molecule has 1 fully saturated rings. The number of carbonyl (C=O) groups is 1. The monoisotopic (exact) mass is 221 g/mol. The predicted octanol–water partition coefficient (Wildman–Crippen LogP) is 1.81. The molecule has 0 radical (unpaired) electrons. The molecule has 88 valence electrons. The van der Waals surface area contributed by atoms with Gasteiger partial charge in [-0.3, -0.25) is 4.79 Å². The van der Waals surface area contributed by atoms with Crippen LogP contribution in [0, 0.1) is 0 Å². The van der Waals surface area contributed by atoms with Gasteiger partial charge in [0.2, 0.25) is 5.91 Å². The fourth-order valence-corrected chi connectivity index (χ4v) is 2.12. The van der Waals surface area contributed by atoms with E-state index < -0.39 is 0 Å². The van der Waals surface area contributed by atoms with Crippen LogP contribution < -0.4 is 0 Å². The summed E-state index contributed by atoms with van der Waals surface area (Å²) in [5.41, 5.74) is 0. The van der Waals surface area contributed by atoms with Crippen molar-refractivity contribution in [2.75, 3.05) is 6.54 Å². The predicted molar refractivity (Wildman–Crippen MR) is 61.8 cm³/mol. The maximum absolute atomic E-state index is 11.7. The lowest BCUT2D eigenvalue weighted by atomic mass is 10.1. The first-order valence-corrected chi connectivity index (χ1v) is 6.09. The van der Waals surface area contributed by atoms with Gasteiger partial charge in [-0.2, -0.15) is 0 Å². The molecule has 1 amide bonds. The minimum absolute atomic E-state index is 0.280. The molecule has 0 saturated carbocycles. The van der Waals surface area contributed by atoms with E-state index in [9.17, 15) is 4.79 Å². The third kappa shape index (κ3) is 2.43. The van der Waals surface area contributed by atoms with Crippen molar-refractivity contribution in [3.63, 3.8) is 0 Å². The van der Waals surface area contributed by atoms with Gasteiger partial charge in [0.1, 0.15) is 5.82 Å². The number of nitrogens with zero attached hydrogens (tertiary/aromatic N) is 3. The normalized spacial score (nSPS) is 16.8. The number of aromatic nitrogens is 2. The van der Waals surface area contributed by atoms with Gasteiger partial charge in [-0.1, -0.05) is 6.92 Å². The summed E-state index contributed by atoms with van der Waals surface area (Å²) >= 11 is 0. The second-order valence-corrected chi connectivity index (χ2v) is 4.32. The van der Waals surface area contributed by atoms with E-state index in [1.54, 1.807) is 0 Å². The highest BCUT2D eigenvalue weighted by atomic mass is 16.2. The third-order valence-corrected chi connectivity index (χ3v) is 3.02. The van der Waals surface area contributed by atoms with Crippen LogP contribution in [-0.2, 0) is 17.9 Å². The summed E-state index contributed by atoms with van der Waals surface area (Å²) in [6.07, 6.45) is 8.73. The summed E-state index contributed by atoms with van der Waals surface area (Å²) in [5, 5.41) is 0. The summed E-state index contributed by atoms with van der Waals surface area (Å²) in [5.74, 6) is 1.36. The van der Waals surface area contributed by atoms with E-state index in [2.05, 4.69) is 16.5 Å². The maximum Gasteiger partial charge on any atom is 0.223 e. The van der Waals surface area contributed by atoms with Crippen molar-refractivity contribution in [1.29, 1.82) is 0 Å². The van der Waals surface area contributed by atoms with Gasteiger partial charge in [-0.05, 0) is 19.3 Å². The Bertz CT molecular complexity index is 359. The smallest absolute Gasteiger partial charge is 0.223 e. The Morgan fingerprint density at radius 3 is 3.06 bits per heavy atom. The Balaban J connectivity index is 2.01. The summed E-state index contributed by atoms with van der Waals surface area (Å²) in [6.45, 7) is 3.71. The molecule has 4 nitrogen and oxygen atoms in total. The lowest BCUT2D eigenvalue weighted by molar-refractivity contribution is -0.135. The molecule has 1 saturated heterocycles. The number of hydrogen-bond donors (Lipinski definition) is 0. The van der Waals surface area contributed by atoms with E-state index in [0.717, 1.165) is 38.1 Å². The Kier molecular flexibility index (Phi) is 3.59. The highest BCUT2D eigenvalue weighted by molar-refractivity contribution is 5.76. The molecule has 0 unspecified atom stereocenters. The first-order chi connectivity index (χ1) is 7.81. The molecule has 2 heterocycles. The van der Waals surface area contributed by atoms with Crippen LogP contribution in [0.25, 0.3) is 0 Å². The average molecular weight is 221 g/mol. The number of amides is 1. The van der Waals surface area contributed by atoms with Gasteiger partial charge in [0.05, 0.1) is 6.67 Å². The fourth-order valence-electron chi connectivity index (χ4n) is 2.12. The highest BCUT2D eigenvalue weighted by Crippen LogP contribution is 2.12. The van der Waals surface area contributed by atoms with Gasteiger partial charge in [0.25, 0.3) is 0 Å². The SMILES string of the molecule is CCCc1nccn1CN1CCCCC1=O. The average Bonchev–Trinajstić information content (AvgIpc) is 2.70. The Morgan fingerprint density at radius 1 is 1.44 bits per heavy atom. The van der Waals surface area contributed by atoms with Crippen LogP contribution in [0.3, 0.4) is 0 Å². The second-order valence-electron chi connectivity index (χ2n) is 4.32. The topological polar surface area (TPSA) is 38.1 Å². The molecule has 0 aromatic carbocycles. The fraction of sp³-hybridized carbons (Fsp3) is 0.667. The highest BCUT2D eigenvalue weighted by Gasteiger charge is 2.18. The first-order valence-electron chi connectivity index (χ1n) is 6.09. The van der Waals surface area contributed by atoms with E-state index in [1.165, 1.54) is 0 Å². The van der Waals surface area contributed by atoms with E-state index in [1.807, 2.05) is 17.3 Å². The molecule has 0 bridgehead atoms. The Hall–Kier alpha value is -1.32. The van der Waals surface area contributed by atoms with Crippen LogP contribution in [0.1, 0.15) is 38.4 Å². The number of imidazole rings is 1. The lowest BCUT2D eigenvalue weighted by Gasteiger charge is -2.27. The molecule has 0 N–H and O–H groups in total. The van der Waals surface area contributed by atoms with Crippen molar-refractivity contribution in [1.82, 2.24) is 14.5 Å². The van der Waals surface area contributed by atoms with Gasteiger partial charge < -0.3 is 9.47 Å². The quantitative estimate of drug-likeness (QED) is 0.777. The minimum Gasteiger partial charge on any atom is -0.325 e. The molecule has 0 spiro atoms. The third-order valence-electron chi connectivity index (χ3n) is 3.02. The number of rotatable bonds is 4. The van der Waals surface area contributed by atoms with Crippen LogP contribution in [-0.4, -0.2) is 26.9 Å². The molecule has 1 aromatic rings. The summed E-state index contributed by atoms with van der Waals surface area (Å²) < 4.78 is 2.09. The van der Waals surface area contributed by atoms with E-state index >= 15 is 0 Å².